The van der Waals surface area contributed by atoms with Crippen molar-refractivity contribution < 1.29 is 43.2 Å². The predicted molar refractivity (Wildman–Crippen MR) is 272 cm³/mol. The summed E-state index contributed by atoms with van der Waals surface area (Å²) < 4.78 is 32.6. The normalized spacial score (nSPS) is 17.7. The first-order valence-electron chi connectivity index (χ1n) is 23.9. The highest BCUT2D eigenvalue weighted by Gasteiger charge is 2.44. The van der Waals surface area contributed by atoms with Crippen LogP contribution in [-0.2, 0) is 23.9 Å². The molecule has 370 valence electrons. The zero-order chi connectivity index (χ0) is 49.5. The number of aromatic nitrogens is 1. The van der Waals surface area contributed by atoms with Crippen LogP contribution in [0.15, 0.2) is 96.5 Å². The second-order valence-corrected chi connectivity index (χ2v) is 21.2. The fourth-order valence-electron chi connectivity index (χ4n) is 9.17. The van der Waals surface area contributed by atoms with Crippen LogP contribution in [0.2, 0.25) is 0 Å². The molecule has 4 atom stereocenters. The van der Waals surface area contributed by atoms with Gasteiger partial charge in [0, 0.05) is 29.6 Å². The molecule has 2 unspecified atom stereocenters. The largest absolute Gasteiger partial charge is 0.508 e. The molecule has 0 radical (unpaired) electrons. The number of phenols is 1. The second kappa shape index (κ2) is 22.6. The van der Waals surface area contributed by atoms with Gasteiger partial charge in [-0.25, -0.2) is 9.37 Å². The second-order valence-electron chi connectivity index (χ2n) is 19.3. The number of amides is 3. The molecule has 13 nitrogen and oxygen atoms in total. The van der Waals surface area contributed by atoms with Crippen molar-refractivity contribution in [3.05, 3.63) is 119 Å². The maximum absolute atomic E-state index is 14.1. The zero-order valence-electron chi connectivity index (χ0n) is 40.3. The van der Waals surface area contributed by atoms with Gasteiger partial charge >= 0.3 is 0 Å². The quantitative estimate of drug-likeness (QED) is 0.0611. The van der Waals surface area contributed by atoms with Gasteiger partial charge in [0.15, 0.2) is 5.75 Å². The molecule has 3 amide bonds. The van der Waals surface area contributed by atoms with E-state index in [9.17, 15) is 29.0 Å². The number of nitrogens with zero attached hydrogens (tertiary/aromatic N) is 3. The number of thiophene rings is 1. The van der Waals surface area contributed by atoms with E-state index in [1.165, 1.54) is 33.9 Å². The average molecular weight is 992 g/mol. The summed E-state index contributed by atoms with van der Waals surface area (Å²) in [6.07, 6.45) is 1.25. The van der Waals surface area contributed by atoms with Crippen molar-refractivity contribution in [2.45, 2.75) is 84.0 Å². The number of halogens is 1. The minimum absolute atomic E-state index is 0.0149. The molecule has 2 aliphatic rings. The molecule has 2 aliphatic heterocycles. The van der Waals surface area contributed by atoms with Gasteiger partial charge in [0.2, 0.25) is 17.7 Å². The first-order valence-corrected chi connectivity index (χ1v) is 25.6. The first-order chi connectivity index (χ1) is 33.6. The van der Waals surface area contributed by atoms with Crippen LogP contribution in [0.4, 0.5) is 4.39 Å². The summed E-state index contributed by atoms with van der Waals surface area (Å²) in [6, 6.07) is 25.5. The number of hydrogen-bond acceptors (Lipinski definition) is 12. The third kappa shape index (κ3) is 12.4. The molecular weight excluding hydrogens is 930 g/mol. The molecule has 0 bridgehead atoms. The average Bonchev–Trinajstić information content (AvgIpc) is 4.06. The van der Waals surface area contributed by atoms with Gasteiger partial charge in [-0.3, -0.25) is 14.4 Å². The molecular formula is C54H62FN5O8S2. The number of phenolic OH excluding ortho intramolecular Hbond substituents is 1. The summed E-state index contributed by atoms with van der Waals surface area (Å²) in [5.74, 6) is 0.405. The van der Waals surface area contributed by atoms with Crippen LogP contribution in [0.5, 0.6) is 17.2 Å². The number of nitrogens with one attached hydrogen (secondary N) is 2. The zero-order valence-corrected chi connectivity index (χ0v) is 41.9. The lowest BCUT2D eigenvalue weighted by Gasteiger charge is -2.35. The smallest absolute Gasteiger partial charge is 0.246 e. The monoisotopic (exact) mass is 991 g/mol. The van der Waals surface area contributed by atoms with Gasteiger partial charge in [0.1, 0.15) is 36.0 Å². The van der Waals surface area contributed by atoms with E-state index >= 15 is 0 Å². The van der Waals surface area contributed by atoms with Gasteiger partial charge in [-0.1, -0.05) is 69.3 Å². The molecule has 0 aliphatic carbocycles. The number of likely N-dealkylation sites (tertiary alicyclic amines) is 2. The molecule has 2 aromatic heterocycles. The number of aryl methyl sites for hydroxylation is 1. The summed E-state index contributed by atoms with van der Waals surface area (Å²) in [6.45, 7) is 12.8. The van der Waals surface area contributed by atoms with Crippen LogP contribution in [0, 0.1) is 18.2 Å². The lowest BCUT2D eigenvalue weighted by molar-refractivity contribution is -0.144. The first kappa shape index (κ1) is 50.6. The van der Waals surface area contributed by atoms with Crippen molar-refractivity contribution in [1.82, 2.24) is 25.4 Å². The lowest BCUT2D eigenvalue weighted by Crippen LogP contribution is -2.58. The number of ether oxygens (including phenoxy) is 3. The van der Waals surface area contributed by atoms with Crippen LogP contribution in [-0.4, -0.2) is 114 Å². The molecule has 2 fully saturated rings. The standard InChI is InChI=1S/C54H62FN5O8S2/c1-33(35-6-8-38(9-7-35)49-34(2)56-32-69-49)57-52(64)45-28-42(62)30-60(45)53(65)51(54(3,4)5)58-47(63)31-67-27-26-66-25-24-59-22-20-37(21-23-59)36-12-17-43(18-13-36)68-48-44-19-16-41(61)29-46(44)70-50(48)39-10-14-40(55)15-11-39/h6-19,29,32-33,37,42,45,51,61-62H,20-28,30-31H2,1-5H3,(H,57,64)(H,58,63)/t33?,42-,45+,51?/m1/s1. The van der Waals surface area contributed by atoms with Crippen LogP contribution in [0.1, 0.15) is 75.7 Å². The highest BCUT2D eigenvalue weighted by molar-refractivity contribution is 7.22. The molecule has 4 N–H and O–H groups in total. The van der Waals surface area contributed by atoms with Gasteiger partial charge in [-0.2, -0.15) is 0 Å². The molecule has 4 heterocycles. The molecule has 8 rings (SSSR count). The number of piperidine rings is 1. The third-order valence-electron chi connectivity index (χ3n) is 13.1. The number of aliphatic hydroxyl groups is 1. The van der Waals surface area contributed by atoms with Crippen molar-refractivity contribution in [2.75, 3.05) is 52.6 Å². The summed E-state index contributed by atoms with van der Waals surface area (Å²) >= 11 is 3.07. The van der Waals surface area contributed by atoms with Crippen LogP contribution >= 0.6 is 22.7 Å². The number of carbonyl (C=O) groups excluding carboxylic acids is 3. The number of aromatic hydroxyl groups is 1. The number of benzene rings is 4. The van der Waals surface area contributed by atoms with E-state index in [0.717, 1.165) is 74.7 Å². The van der Waals surface area contributed by atoms with Crippen molar-refractivity contribution in [3.8, 4) is 38.1 Å². The minimum atomic E-state index is -0.961. The SMILES string of the molecule is Cc1ncsc1-c1ccc(C(C)NC(=O)[C@@H]2C[C@@H](O)CN2C(=O)C(NC(=O)COCCOCCN2CCC(c3ccc(Oc4c(-c5ccc(F)cc5)sc5cc(O)ccc45)cc3)CC2)C(C)(C)C)cc1. The van der Waals surface area contributed by atoms with Crippen LogP contribution < -0.4 is 15.4 Å². The number of rotatable bonds is 18. The molecule has 0 spiro atoms. The Labute approximate surface area is 416 Å². The topological polar surface area (TPSA) is 163 Å². The van der Waals surface area contributed by atoms with Crippen molar-refractivity contribution in [1.29, 1.82) is 0 Å². The fraction of sp³-hybridized carbons (Fsp3) is 0.407. The Morgan fingerprint density at radius 2 is 1.57 bits per heavy atom. The summed E-state index contributed by atoms with van der Waals surface area (Å²) in [7, 11) is 0. The fourth-order valence-corrected chi connectivity index (χ4v) is 11.1. The van der Waals surface area contributed by atoms with Crippen molar-refractivity contribution >= 4 is 50.5 Å². The molecule has 6 aromatic rings. The van der Waals surface area contributed by atoms with E-state index in [1.807, 2.05) is 82.6 Å². The number of fused-ring (bicyclic) bond motifs is 1. The highest BCUT2D eigenvalue weighted by atomic mass is 32.1. The Morgan fingerprint density at radius 1 is 0.886 bits per heavy atom. The minimum Gasteiger partial charge on any atom is -0.508 e. The van der Waals surface area contributed by atoms with Gasteiger partial charge < -0.3 is 44.9 Å². The van der Waals surface area contributed by atoms with E-state index in [0.29, 0.717) is 30.6 Å². The van der Waals surface area contributed by atoms with Crippen LogP contribution in [0.3, 0.4) is 0 Å². The van der Waals surface area contributed by atoms with E-state index in [4.69, 9.17) is 14.2 Å². The summed E-state index contributed by atoms with van der Waals surface area (Å²) in [4.78, 5) is 50.9. The van der Waals surface area contributed by atoms with E-state index < -0.39 is 35.4 Å². The van der Waals surface area contributed by atoms with Crippen LogP contribution in [0.25, 0.3) is 31.0 Å². The molecule has 0 saturated carbocycles. The summed E-state index contributed by atoms with van der Waals surface area (Å²) in [5.41, 5.74) is 6.13. The number of carbonyl (C=O) groups is 3. The molecule has 70 heavy (non-hydrogen) atoms. The highest BCUT2D eigenvalue weighted by Crippen LogP contribution is 2.47. The maximum Gasteiger partial charge on any atom is 0.246 e. The van der Waals surface area contributed by atoms with Gasteiger partial charge in [0.05, 0.1) is 52.9 Å². The third-order valence-corrected chi connectivity index (χ3v) is 15.3. The molecule has 2 saturated heterocycles. The Kier molecular flexibility index (Phi) is 16.3. The van der Waals surface area contributed by atoms with Gasteiger partial charge in [-0.15, -0.1) is 22.7 Å². The van der Waals surface area contributed by atoms with Gasteiger partial charge in [0.25, 0.3) is 0 Å². The molecule has 4 aromatic carbocycles. The van der Waals surface area contributed by atoms with Crippen molar-refractivity contribution in [3.63, 3.8) is 0 Å². The predicted octanol–water partition coefficient (Wildman–Crippen LogP) is 9.22. The Balaban J connectivity index is 0.738. The Morgan fingerprint density at radius 3 is 2.26 bits per heavy atom. The lowest BCUT2D eigenvalue weighted by atomic mass is 9.85. The summed E-state index contributed by atoms with van der Waals surface area (Å²) in [5, 5.41) is 27.5. The Bertz CT molecular complexity index is 2730. The van der Waals surface area contributed by atoms with E-state index in [2.05, 4.69) is 32.7 Å². The van der Waals surface area contributed by atoms with Gasteiger partial charge in [-0.05, 0) is 116 Å². The van der Waals surface area contributed by atoms with Crippen molar-refractivity contribution in [2.24, 2.45) is 5.41 Å². The van der Waals surface area contributed by atoms with E-state index in [1.54, 1.807) is 35.6 Å². The van der Waals surface area contributed by atoms with E-state index in [-0.39, 0.29) is 49.7 Å². The maximum atomic E-state index is 14.1. The number of β-amino-alcohol motifs (C(OH)–C–C–N with tert-alkyl or cyclic N) is 1. The Hall–Kier alpha value is -5.75. The molecule has 16 heteroatoms. The number of thiazole rings is 1. The number of hydrogen-bond donors (Lipinski definition) is 4. The number of aliphatic hydroxyl groups excluding tert-OH is 1.